The molecule has 92 valence electrons. The van der Waals surface area contributed by atoms with Gasteiger partial charge in [-0.2, -0.15) is 0 Å². The van der Waals surface area contributed by atoms with Gasteiger partial charge in [-0.05, 0) is 0 Å². The molecule has 1 saturated heterocycles. The number of nitrogens with zero attached hydrogens (tertiary/aromatic N) is 1. The van der Waals surface area contributed by atoms with Crippen molar-refractivity contribution in [1.29, 1.82) is 0 Å². The molecule has 1 fully saturated rings. The van der Waals surface area contributed by atoms with Gasteiger partial charge in [-0.15, -0.1) is 0 Å². The average Bonchev–Trinajstić information content (AvgIpc) is 2.30. The number of ether oxygens (including phenoxy) is 1. The molecule has 2 atom stereocenters. The molecule has 0 radical (unpaired) electrons. The predicted octanol–water partition coefficient (Wildman–Crippen LogP) is 0.0946. The third-order valence-corrected chi connectivity index (χ3v) is 3.09. The molecule has 1 aromatic rings. The molecule has 5 nitrogen and oxygen atoms in total. The van der Waals surface area contributed by atoms with Crippen LogP contribution in [0.4, 0.5) is 0 Å². The molecule has 1 heterocycles. The van der Waals surface area contributed by atoms with E-state index in [1.165, 1.54) is 5.56 Å². The lowest BCUT2D eigenvalue weighted by Crippen LogP contribution is -3.14. The highest BCUT2D eigenvalue weighted by Crippen LogP contribution is 2.09. The van der Waals surface area contributed by atoms with Crippen LogP contribution < -0.4 is 4.90 Å². The second kappa shape index (κ2) is 4.81. The van der Waals surface area contributed by atoms with Crippen molar-refractivity contribution in [2.75, 3.05) is 19.9 Å². The van der Waals surface area contributed by atoms with Crippen LogP contribution in [0.2, 0.25) is 0 Å². The van der Waals surface area contributed by atoms with Gasteiger partial charge in [0.2, 0.25) is 0 Å². The molecule has 0 saturated carbocycles. The highest BCUT2D eigenvalue weighted by atomic mass is 16.6. The van der Waals surface area contributed by atoms with Crippen LogP contribution in [0, 0.1) is 10.1 Å². The lowest BCUT2D eigenvalue weighted by atomic mass is 10.0. The van der Waals surface area contributed by atoms with Crippen molar-refractivity contribution in [2.45, 2.75) is 19.0 Å². The van der Waals surface area contributed by atoms with E-state index in [-0.39, 0.29) is 11.5 Å². The van der Waals surface area contributed by atoms with Crippen LogP contribution in [-0.2, 0) is 11.3 Å². The Bertz CT molecular complexity index is 396. The number of nitrogens with one attached hydrogen (secondary N) is 1. The normalized spacial score (nSPS) is 28.9. The van der Waals surface area contributed by atoms with Gasteiger partial charge in [0.25, 0.3) is 5.54 Å². The Morgan fingerprint density at radius 2 is 2.18 bits per heavy atom. The average molecular weight is 237 g/mol. The van der Waals surface area contributed by atoms with Gasteiger partial charge in [0, 0.05) is 17.4 Å². The molecule has 0 amide bonds. The first kappa shape index (κ1) is 12.0. The molecule has 1 N–H and O–H groups in total. The van der Waals surface area contributed by atoms with E-state index >= 15 is 0 Å². The summed E-state index contributed by atoms with van der Waals surface area (Å²) in [5.74, 6) is 0. The number of benzene rings is 1. The zero-order valence-corrected chi connectivity index (χ0v) is 9.89. The molecule has 1 aromatic carbocycles. The largest absolute Gasteiger partial charge is 0.324 e. The SMILES string of the molecule is C[C@@]1([N+](=O)[O-])COC[NH+](Cc2ccccc2)C1. The molecule has 0 aromatic heterocycles. The van der Waals surface area contributed by atoms with Crippen LogP contribution in [0.1, 0.15) is 12.5 Å². The topological polar surface area (TPSA) is 56.8 Å². The summed E-state index contributed by atoms with van der Waals surface area (Å²) >= 11 is 0. The van der Waals surface area contributed by atoms with Gasteiger partial charge in [0.1, 0.15) is 13.2 Å². The van der Waals surface area contributed by atoms with Crippen LogP contribution >= 0.6 is 0 Å². The summed E-state index contributed by atoms with van der Waals surface area (Å²) in [6, 6.07) is 9.99. The van der Waals surface area contributed by atoms with Crippen molar-refractivity contribution in [2.24, 2.45) is 0 Å². The number of hydrogen-bond acceptors (Lipinski definition) is 3. The number of hydrogen-bond donors (Lipinski definition) is 1. The van der Waals surface area contributed by atoms with E-state index in [2.05, 4.69) is 0 Å². The number of nitro groups is 1. The van der Waals surface area contributed by atoms with E-state index in [9.17, 15) is 10.1 Å². The minimum Gasteiger partial charge on any atom is -0.324 e. The fourth-order valence-electron chi connectivity index (χ4n) is 2.17. The van der Waals surface area contributed by atoms with Crippen LogP contribution in [0.15, 0.2) is 30.3 Å². The molecule has 5 heteroatoms. The predicted molar refractivity (Wildman–Crippen MR) is 62.2 cm³/mol. The van der Waals surface area contributed by atoms with Crippen LogP contribution in [-0.4, -0.2) is 30.3 Å². The van der Waals surface area contributed by atoms with Gasteiger partial charge in [-0.1, -0.05) is 30.3 Å². The molecule has 17 heavy (non-hydrogen) atoms. The maximum Gasteiger partial charge on any atom is 0.290 e. The third kappa shape index (κ3) is 2.81. The summed E-state index contributed by atoms with van der Waals surface area (Å²) in [7, 11) is 0. The third-order valence-electron chi connectivity index (χ3n) is 3.09. The van der Waals surface area contributed by atoms with Crippen LogP contribution in [0.25, 0.3) is 0 Å². The van der Waals surface area contributed by atoms with Crippen molar-refractivity contribution in [3.63, 3.8) is 0 Å². The van der Waals surface area contributed by atoms with Crippen molar-refractivity contribution in [1.82, 2.24) is 0 Å². The molecule has 1 aliphatic rings. The van der Waals surface area contributed by atoms with Gasteiger partial charge >= 0.3 is 0 Å². The van der Waals surface area contributed by atoms with E-state index in [0.29, 0.717) is 13.3 Å². The van der Waals surface area contributed by atoms with Gasteiger partial charge in [-0.25, -0.2) is 0 Å². The van der Waals surface area contributed by atoms with Gasteiger partial charge in [0.15, 0.2) is 13.3 Å². The Morgan fingerprint density at radius 3 is 2.82 bits per heavy atom. The Morgan fingerprint density at radius 1 is 1.47 bits per heavy atom. The first-order valence-electron chi connectivity index (χ1n) is 5.70. The lowest BCUT2D eigenvalue weighted by molar-refractivity contribution is -0.959. The molecule has 2 rings (SSSR count). The zero-order valence-electron chi connectivity index (χ0n) is 9.89. The van der Waals surface area contributed by atoms with Gasteiger partial charge in [-0.3, -0.25) is 10.1 Å². The zero-order chi connectivity index (χ0) is 12.3. The Labute approximate surface area is 100 Å². The van der Waals surface area contributed by atoms with Crippen LogP contribution in [0.5, 0.6) is 0 Å². The summed E-state index contributed by atoms with van der Waals surface area (Å²) in [6.07, 6.45) is 0. The summed E-state index contributed by atoms with van der Waals surface area (Å²) in [5.41, 5.74) is 0.223. The summed E-state index contributed by atoms with van der Waals surface area (Å²) in [5, 5.41) is 11.0. The maximum atomic E-state index is 11.0. The molecular weight excluding hydrogens is 220 g/mol. The molecule has 0 bridgehead atoms. The van der Waals surface area contributed by atoms with Crippen molar-refractivity contribution >= 4 is 0 Å². The second-order valence-corrected chi connectivity index (χ2v) is 4.84. The fraction of sp³-hybridized carbons (Fsp3) is 0.500. The number of quaternary nitrogens is 1. The number of rotatable bonds is 3. The minimum absolute atomic E-state index is 0.207. The standard InChI is InChI=1S/C12H16N2O3/c1-12(14(15)16)8-13(10-17-9-12)7-11-5-3-2-4-6-11/h2-6H,7-10H2,1H3/p+1/t12-/m0/s1. The fourth-order valence-corrected chi connectivity index (χ4v) is 2.17. The summed E-state index contributed by atoms with van der Waals surface area (Å²) in [4.78, 5) is 11.9. The Hall–Kier alpha value is -1.46. The summed E-state index contributed by atoms with van der Waals surface area (Å²) < 4.78 is 5.35. The summed E-state index contributed by atoms with van der Waals surface area (Å²) in [6.45, 7) is 3.67. The van der Waals surface area contributed by atoms with Gasteiger partial charge < -0.3 is 9.64 Å². The monoisotopic (exact) mass is 237 g/mol. The Kier molecular flexibility index (Phi) is 3.40. The highest BCUT2D eigenvalue weighted by molar-refractivity contribution is 5.13. The molecular formula is C12H17N2O3+. The van der Waals surface area contributed by atoms with E-state index < -0.39 is 5.54 Å². The van der Waals surface area contributed by atoms with Crippen molar-refractivity contribution in [3.05, 3.63) is 46.0 Å². The quantitative estimate of drug-likeness (QED) is 0.599. The van der Waals surface area contributed by atoms with E-state index in [4.69, 9.17) is 4.74 Å². The second-order valence-electron chi connectivity index (χ2n) is 4.84. The highest BCUT2D eigenvalue weighted by Gasteiger charge is 2.45. The lowest BCUT2D eigenvalue weighted by Gasteiger charge is -2.31. The maximum absolute atomic E-state index is 11.0. The van der Waals surface area contributed by atoms with E-state index in [0.717, 1.165) is 11.4 Å². The first-order valence-corrected chi connectivity index (χ1v) is 5.70. The minimum atomic E-state index is -0.956. The molecule has 1 aliphatic heterocycles. The molecule has 1 unspecified atom stereocenters. The van der Waals surface area contributed by atoms with Crippen molar-refractivity contribution in [3.8, 4) is 0 Å². The Balaban J connectivity index is 2.01. The van der Waals surface area contributed by atoms with Crippen LogP contribution in [0.3, 0.4) is 0 Å². The van der Waals surface area contributed by atoms with Gasteiger partial charge in [0.05, 0.1) is 0 Å². The smallest absolute Gasteiger partial charge is 0.290 e. The first-order chi connectivity index (χ1) is 8.10. The molecule has 0 aliphatic carbocycles. The van der Waals surface area contributed by atoms with E-state index in [1.54, 1.807) is 6.92 Å². The van der Waals surface area contributed by atoms with Crippen molar-refractivity contribution < 1.29 is 14.6 Å². The molecule has 0 spiro atoms. The van der Waals surface area contributed by atoms with E-state index in [1.807, 2.05) is 30.3 Å².